The van der Waals surface area contributed by atoms with Gasteiger partial charge < -0.3 is 60.0 Å². The molecular weight excluding hydrogens is 373 g/mol. The van der Waals surface area contributed by atoms with E-state index >= 15 is 0 Å². The first-order valence-corrected chi connectivity index (χ1v) is 5.79. The zero-order valence-corrected chi connectivity index (χ0v) is 10.8. The Labute approximate surface area is 112 Å². The molecular formula is H6N2NiO14P2. The van der Waals surface area contributed by atoms with E-state index in [0.29, 0.717) is 0 Å². The summed E-state index contributed by atoms with van der Waals surface area (Å²) in [7, 11) is -9.28. The topological polar surface area (TPSA) is 288 Å². The van der Waals surface area contributed by atoms with E-state index in [1.54, 1.807) is 0 Å². The third kappa shape index (κ3) is 4970. The van der Waals surface area contributed by atoms with Crippen LogP contribution in [0.5, 0.6) is 0 Å². The zero-order chi connectivity index (χ0) is 16.2. The van der Waals surface area contributed by atoms with Gasteiger partial charge in [-0.1, -0.05) is 0 Å². The van der Waals surface area contributed by atoms with Crippen molar-refractivity contribution in [2.45, 2.75) is 0 Å². The Morgan fingerprint density at radius 3 is 0.632 bits per heavy atom. The quantitative estimate of drug-likeness (QED) is 0.111. The molecule has 0 aliphatic carbocycles. The molecule has 0 heterocycles. The second-order valence-corrected chi connectivity index (χ2v) is 3.53. The van der Waals surface area contributed by atoms with E-state index in [9.17, 15) is 0 Å². The molecule has 6 N–H and O–H groups in total. The van der Waals surface area contributed by atoms with Gasteiger partial charge in [0.1, 0.15) is 0 Å². The van der Waals surface area contributed by atoms with Crippen LogP contribution in [0.1, 0.15) is 0 Å². The Morgan fingerprint density at radius 1 is 0.632 bits per heavy atom. The molecule has 0 aromatic rings. The van der Waals surface area contributed by atoms with E-state index in [2.05, 4.69) is 0 Å². The van der Waals surface area contributed by atoms with Crippen LogP contribution in [0.15, 0.2) is 0 Å². The largest absolute Gasteiger partial charge is 2.00 e. The second-order valence-electron chi connectivity index (χ2n) is 1.47. The van der Waals surface area contributed by atoms with Gasteiger partial charge in [0.25, 0.3) is 0 Å². The van der Waals surface area contributed by atoms with Crippen molar-refractivity contribution in [1.29, 1.82) is 0 Å². The van der Waals surface area contributed by atoms with Crippen LogP contribution in [0.25, 0.3) is 0 Å². The molecule has 0 aromatic carbocycles. The Balaban J connectivity index is -0.0000000453. The summed E-state index contributed by atoms with van der Waals surface area (Å²) >= 11 is 0. The van der Waals surface area contributed by atoms with Gasteiger partial charge in [-0.25, -0.2) is 9.13 Å². The van der Waals surface area contributed by atoms with Crippen LogP contribution in [-0.4, -0.2) is 39.5 Å². The van der Waals surface area contributed by atoms with E-state index in [4.69, 9.17) is 69.1 Å². The molecule has 16 nitrogen and oxygen atoms in total. The van der Waals surface area contributed by atoms with Crippen molar-refractivity contribution >= 4 is 15.6 Å². The van der Waals surface area contributed by atoms with Crippen LogP contribution < -0.4 is 0 Å². The van der Waals surface area contributed by atoms with Gasteiger partial charge in [0.05, 0.1) is 10.2 Å². The SMILES string of the molecule is O=P(O)(O)O.O=P(O)(O)O.O=[N+]([O-])[O-].O=[N+]([O-])[O-].[Ni+2]. The van der Waals surface area contributed by atoms with E-state index in [0.717, 1.165) is 0 Å². The molecule has 0 unspecified atom stereocenters. The molecule has 120 valence electrons. The van der Waals surface area contributed by atoms with Crippen molar-refractivity contribution in [2.75, 3.05) is 0 Å². The van der Waals surface area contributed by atoms with Crippen molar-refractivity contribution < 1.29 is 65.2 Å². The van der Waals surface area contributed by atoms with Gasteiger partial charge in [-0.2, -0.15) is 0 Å². The number of rotatable bonds is 0. The maximum absolute atomic E-state index is 8.88. The first kappa shape index (κ1) is 30.8. The minimum atomic E-state index is -4.64. The predicted octanol–water partition coefficient (Wildman–Crippen LogP) is -2.34. The van der Waals surface area contributed by atoms with Gasteiger partial charge in [0, 0.05) is 0 Å². The molecule has 0 atom stereocenters. The normalized spacial score (nSPS) is 8.74. The Bertz CT molecular complexity index is 255. The van der Waals surface area contributed by atoms with Gasteiger partial charge in [-0.05, 0) is 0 Å². The summed E-state index contributed by atoms with van der Waals surface area (Å²) in [5, 5.41) is 29.5. The molecule has 0 aromatic heterocycles. The summed E-state index contributed by atoms with van der Waals surface area (Å²) in [6.45, 7) is 0. The molecule has 0 saturated carbocycles. The van der Waals surface area contributed by atoms with Crippen LogP contribution >= 0.6 is 15.6 Å². The maximum Gasteiger partial charge on any atom is 2.00 e. The van der Waals surface area contributed by atoms with Crippen LogP contribution in [0.3, 0.4) is 0 Å². The van der Waals surface area contributed by atoms with Gasteiger partial charge in [0.15, 0.2) is 0 Å². The van der Waals surface area contributed by atoms with Crippen molar-refractivity contribution in [3.8, 4) is 0 Å². The van der Waals surface area contributed by atoms with Gasteiger partial charge in [0.2, 0.25) is 0 Å². The first-order valence-electron chi connectivity index (χ1n) is 2.66. The number of hydrogen-bond acceptors (Lipinski definition) is 8. The molecule has 0 aliphatic rings. The molecule has 0 saturated heterocycles. The molecule has 0 radical (unpaired) electrons. The monoisotopic (exact) mass is 378 g/mol. The van der Waals surface area contributed by atoms with Crippen LogP contribution in [0.2, 0.25) is 0 Å². The standard InChI is InChI=1S/2NO3.Ni.2H3O4P/c2*2-1(3)4;;2*1-5(2,3)4/h;;;2*(H3,1,2,3,4)/q2*-1;+2;;. The number of phosphoric acid groups is 2. The van der Waals surface area contributed by atoms with E-state index in [-0.39, 0.29) is 16.5 Å². The third-order valence-electron chi connectivity index (χ3n) is 0. The average Bonchev–Trinajstić information content (AvgIpc) is 1.70. The van der Waals surface area contributed by atoms with E-state index in [1.165, 1.54) is 0 Å². The fraction of sp³-hybridized carbons (Fsp3) is 0. The molecule has 0 rings (SSSR count). The number of hydrogen-bond donors (Lipinski definition) is 6. The summed E-state index contributed by atoms with van der Waals surface area (Å²) in [4.78, 5) is 59.6. The van der Waals surface area contributed by atoms with Crippen molar-refractivity contribution in [1.82, 2.24) is 0 Å². The van der Waals surface area contributed by atoms with E-state index in [1.807, 2.05) is 0 Å². The smallest absolute Gasteiger partial charge is 0.356 e. The van der Waals surface area contributed by atoms with E-state index < -0.39 is 25.8 Å². The average molecular weight is 379 g/mol. The van der Waals surface area contributed by atoms with Crippen LogP contribution in [-0.2, 0) is 25.6 Å². The number of nitrogens with zero attached hydrogens (tertiary/aromatic N) is 2. The zero-order valence-electron chi connectivity index (χ0n) is 8.05. The molecule has 0 bridgehead atoms. The predicted molar refractivity (Wildman–Crippen MR) is 49.2 cm³/mol. The minimum Gasteiger partial charge on any atom is -0.356 e. The summed E-state index contributed by atoms with van der Waals surface area (Å²) in [6.07, 6.45) is 0. The molecule has 0 amide bonds. The summed E-state index contributed by atoms with van der Waals surface area (Å²) in [5.41, 5.74) is 0. The Hall–Kier alpha value is -0.886. The summed E-state index contributed by atoms with van der Waals surface area (Å²) < 4.78 is 17.8. The molecule has 0 fully saturated rings. The first-order chi connectivity index (χ1) is 7.46. The molecule has 0 spiro atoms. The maximum atomic E-state index is 8.88. The van der Waals surface area contributed by atoms with Gasteiger partial charge in [-0.3, -0.25) is 0 Å². The second kappa shape index (κ2) is 15.2. The summed E-state index contributed by atoms with van der Waals surface area (Å²) in [5.74, 6) is 0. The Morgan fingerprint density at radius 2 is 0.632 bits per heavy atom. The molecule has 19 heteroatoms. The fourth-order valence-corrected chi connectivity index (χ4v) is 0. The summed E-state index contributed by atoms with van der Waals surface area (Å²) in [6, 6.07) is 0. The van der Waals surface area contributed by atoms with Crippen LogP contribution in [0.4, 0.5) is 0 Å². The minimum absolute atomic E-state index is 0. The molecule has 0 aliphatic heterocycles. The Kier molecular flexibility index (Phi) is 24.6. The third-order valence-corrected chi connectivity index (χ3v) is 0. The van der Waals surface area contributed by atoms with Crippen molar-refractivity contribution in [2.24, 2.45) is 0 Å². The fourth-order valence-electron chi connectivity index (χ4n) is 0. The van der Waals surface area contributed by atoms with Gasteiger partial charge >= 0.3 is 32.1 Å². The molecule has 19 heavy (non-hydrogen) atoms. The van der Waals surface area contributed by atoms with Gasteiger partial charge in [-0.15, -0.1) is 0 Å². The van der Waals surface area contributed by atoms with Crippen LogP contribution in [0, 0.1) is 30.6 Å². The van der Waals surface area contributed by atoms with Crippen molar-refractivity contribution in [3.05, 3.63) is 30.6 Å². The van der Waals surface area contributed by atoms with Crippen molar-refractivity contribution in [3.63, 3.8) is 0 Å².